The van der Waals surface area contributed by atoms with Crippen LogP contribution < -0.4 is 10.1 Å². The topological polar surface area (TPSA) is 75.7 Å². The van der Waals surface area contributed by atoms with Gasteiger partial charge in [0.25, 0.3) is 0 Å². The molecule has 4 rings (SSSR count). The largest absolute Gasteiger partial charge is 0.492 e. The third kappa shape index (κ3) is 2.13. The lowest BCUT2D eigenvalue weighted by molar-refractivity contribution is 0.272. The monoisotopic (exact) mass is 345 g/mol. The summed E-state index contributed by atoms with van der Waals surface area (Å²) >= 11 is 3.53. The minimum Gasteiger partial charge on any atom is -0.492 e. The van der Waals surface area contributed by atoms with Crippen molar-refractivity contribution in [3.63, 3.8) is 0 Å². The fourth-order valence-electron chi connectivity index (χ4n) is 2.58. The van der Waals surface area contributed by atoms with E-state index in [2.05, 4.69) is 47.2 Å². The van der Waals surface area contributed by atoms with Crippen LogP contribution in [-0.4, -0.2) is 26.5 Å². The molecular formula is C14H12BrN5O. The number of hydrogen-bond acceptors (Lipinski definition) is 5. The molecule has 21 heavy (non-hydrogen) atoms. The maximum absolute atomic E-state index is 5.75. The van der Waals surface area contributed by atoms with Crippen molar-refractivity contribution in [3.05, 3.63) is 40.9 Å². The highest BCUT2D eigenvalue weighted by Gasteiger charge is 2.24. The Bertz CT molecular complexity index is 803. The predicted molar refractivity (Wildman–Crippen MR) is 82.3 cm³/mol. The zero-order valence-corrected chi connectivity index (χ0v) is 12.6. The predicted octanol–water partition coefficient (Wildman–Crippen LogP) is 3.05. The zero-order chi connectivity index (χ0) is 14.2. The van der Waals surface area contributed by atoms with Crippen molar-refractivity contribution in [2.45, 2.75) is 12.5 Å². The summed E-state index contributed by atoms with van der Waals surface area (Å²) in [5.74, 6) is 1.66. The van der Waals surface area contributed by atoms with Crippen molar-refractivity contribution in [2.75, 3.05) is 11.9 Å². The molecule has 0 saturated heterocycles. The van der Waals surface area contributed by atoms with E-state index in [1.54, 1.807) is 6.33 Å². The first kappa shape index (κ1) is 12.6. The molecule has 3 heterocycles. The lowest BCUT2D eigenvalue weighted by Crippen LogP contribution is -2.21. The number of nitrogens with one attached hydrogen (secondary N) is 2. The Hall–Kier alpha value is -2.15. The number of imidazole rings is 1. The van der Waals surface area contributed by atoms with Gasteiger partial charge in [0.05, 0.1) is 23.4 Å². The van der Waals surface area contributed by atoms with E-state index in [1.807, 2.05) is 12.1 Å². The van der Waals surface area contributed by atoms with Gasteiger partial charge in [-0.05, 0) is 22.0 Å². The van der Waals surface area contributed by atoms with Crippen LogP contribution in [-0.2, 0) is 0 Å². The third-order valence-electron chi connectivity index (χ3n) is 3.56. The molecule has 0 amide bonds. The van der Waals surface area contributed by atoms with Gasteiger partial charge in [-0.15, -0.1) is 0 Å². The highest BCUT2D eigenvalue weighted by Crippen LogP contribution is 2.39. The van der Waals surface area contributed by atoms with Crippen LogP contribution in [0.1, 0.15) is 18.0 Å². The summed E-state index contributed by atoms with van der Waals surface area (Å²) in [6, 6.07) is 6.21. The molecule has 2 aromatic heterocycles. The quantitative estimate of drug-likeness (QED) is 0.746. The maximum Gasteiger partial charge on any atom is 0.182 e. The van der Waals surface area contributed by atoms with Gasteiger partial charge in [0.2, 0.25) is 0 Å². The van der Waals surface area contributed by atoms with E-state index in [9.17, 15) is 0 Å². The number of H-pyrrole nitrogens is 1. The Morgan fingerprint density at radius 1 is 1.29 bits per heavy atom. The lowest BCUT2D eigenvalue weighted by atomic mass is 10.0. The van der Waals surface area contributed by atoms with Crippen LogP contribution in [0.3, 0.4) is 0 Å². The molecule has 2 N–H and O–H groups in total. The number of hydrogen-bond donors (Lipinski definition) is 2. The van der Waals surface area contributed by atoms with Crippen molar-refractivity contribution in [1.82, 2.24) is 19.9 Å². The number of aromatic amines is 1. The van der Waals surface area contributed by atoms with Crippen molar-refractivity contribution < 1.29 is 4.74 Å². The first-order valence-electron chi connectivity index (χ1n) is 6.65. The van der Waals surface area contributed by atoms with Gasteiger partial charge in [0.1, 0.15) is 17.6 Å². The fourth-order valence-corrected chi connectivity index (χ4v) is 3.07. The number of rotatable bonds is 2. The summed E-state index contributed by atoms with van der Waals surface area (Å²) in [7, 11) is 0. The Morgan fingerprint density at radius 3 is 3.19 bits per heavy atom. The highest BCUT2D eigenvalue weighted by atomic mass is 79.9. The molecular weight excluding hydrogens is 334 g/mol. The lowest BCUT2D eigenvalue weighted by Gasteiger charge is -2.27. The maximum atomic E-state index is 5.75. The SMILES string of the molecule is Brc1cccc2c1OCCC2Nc1ncnc2nc[nH]c12. The molecule has 0 spiro atoms. The Morgan fingerprint density at radius 2 is 2.24 bits per heavy atom. The number of ether oxygens (including phenoxy) is 1. The smallest absolute Gasteiger partial charge is 0.182 e. The zero-order valence-electron chi connectivity index (χ0n) is 11.0. The van der Waals surface area contributed by atoms with Gasteiger partial charge in [0, 0.05) is 12.0 Å². The molecule has 3 aromatic rings. The number of halogens is 1. The van der Waals surface area contributed by atoms with Gasteiger partial charge in [-0.2, -0.15) is 0 Å². The minimum atomic E-state index is 0.146. The summed E-state index contributed by atoms with van der Waals surface area (Å²) in [6.45, 7) is 0.671. The Kier molecular flexibility index (Phi) is 2.99. The minimum absolute atomic E-state index is 0.146. The number of para-hydroxylation sites is 1. The Balaban J connectivity index is 1.73. The van der Waals surface area contributed by atoms with Crippen LogP contribution in [0.5, 0.6) is 5.75 Å². The molecule has 106 valence electrons. The number of anilines is 1. The molecule has 1 unspecified atom stereocenters. The van der Waals surface area contributed by atoms with E-state index in [1.165, 1.54) is 6.33 Å². The summed E-state index contributed by atoms with van der Waals surface area (Å²) < 4.78 is 6.73. The second-order valence-corrected chi connectivity index (χ2v) is 5.67. The molecule has 6 nitrogen and oxygen atoms in total. The van der Waals surface area contributed by atoms with Crippen molar-refractivity contribution >= 4 is 32.9 Å². The Labute approximate surface area is 129 Å². The second kappa shape index (κ2) is 5.00. The van der Waals surface area contributed by atoms with Crippen molar-refractivity contribution in [3.8, 4) is 5.75 Å². The van der Waals surface area contributed by atoms with E-state index in [4.69, 9.17) is 4.74 Å². The molecule has 1 aliphatic rings. The summed E-state index contributed by atoms with van der Waals surface area (Å²) in [5.41, 5.74) is 2.61. The van der Waals surface area contributed by atoms with E-state index < -0.39 is 0 Å². The molecule has 1 atom stereocenters. The van der Waals surface area contributed by atoms with Crippen LogP contribution >= 0.6 is 15.9 Å². The summed E-state index contributed by atoms with van der Waals surface area (Å²) in [4.78, 5) is 15.7. The number of nitrogens with zero attached hydrogens (tertiary/aromatic N) is 3. The van der Waals surface area contributed by atoms with Gasteiger partial charge in [-0.3, -0.25) is 0 Å². The molecule has 1 aromatic carbocycles. The molecule has 0 saturated carbocycles. The molecule has 0 bridgehead atoms. The molecule has 7 heteroatoms. The van der Waals surface area contributed by atoms with E-state index in [-0.39, 0.29) is 6.04 Å². The normalized spacial score (nSPS) is 17.3. The fraction of sp³-hybridized carbons (Fsp3) is 0.214. The average molecular weight is 346 g/mol. The van der Waals surface area contributed by atoms with Gasteiger partial charge < -0.3 is 15.0 Å². The molecule has 0 fully saturated rings. The second-order valence-electron chi connectivity index (χ2n) is 4.82. The van der Waals surface area contributed by atoms with Crippen molar-refractivity contribution in [2.24, 2.45) is 0 Å². The highest BCUT2D eigenvalue weighted by molar-refractivity contribution is 9.10. The molecule has 1 aliphatic heterocycles. The molecule has 0 radical (unpaired) electrons. The number of benzene rings is 1. The van der Waals surface area contributed by atoms with Gasteiger partial charge in [-0.1, -0.05) is 12.1 Å². The summed E-state index contributed by atoms with van der Waals surface area (Å²) in [5, 5.41) is 3.47. The first-order chi connectivity index (χ1) is 10.3. The van der Waals surface area contributed by atoms with E-state index in [0.717, 1.165) is 33.5 Å². The van der Waals surface area contributed by atoms with Crippen LogP contribution in [0.25, 0.3) is 11.2 Å². The standard InChI is InChI=1S/C14H12BrN5O/c15-9-3-1-2-8-10(4-5-21-12(8)9)20-14-11-13(17-6-16-11)18-7-19-14/h1-3,6-7,10H,4-5H2,(H2,16,17,18,19,20). The van der Waals surface area contributed by atoms with Gasteiger partial charge in [-0.25, -0.2) is 15.0 Å². The summed E-state index contributed by atoms with van der Waals surface area (Å²) in [6.07, 6.45) is 4.02. The van der Waals surface area contributed by atoms with Crippen LogP contribution in [0.15, 0.2) is 35.3 Å². The number of aromatic nitrogens is 4. The van der Waals surface area contributed by atoms with Crippen LogP contribution in [0.4, 0.5) is 5.82 Å². The third-order valence-corrected chi connectivity index (χ3v) is 4.18. The number of fused-ring (bicyclic) bond motifs is 2. The average Bonchev–Trinajstić information content (AvgIpc) is 2.98. The van der Waals surface area contributed by atoms with Gasteiger partial charge in [0.15, 0.2) is 11.5 Å². The van der Waals surface area contributed by atoms with Crippen molar-refractivity contribution in [1.29, 1.82) is 0 Å². The van der Waals surface area contributed by atoms with Gasteiger partial charge >= 0.3 is 0 Å². The molecule has 0 aliphatic carbocycles. The van der Waals surface area contributed by atoms with E-state index >= 15 is 0 Å². The van der Waals surface area contributed by atoms with E-state index in [0.29, 0.717) is 12.3 Å². The van der Waals surface area contributed by atoms with Crippen LogP contribution in [0, 0.1) is 0 Å². The van der Waals surface area contributed by atoms with Crippen LogP contribution in [0.2, 0.25) is 0 Å². The first-order valence-corrected chi connectivity index (χ1v) is 7.44.